The van der Waals surface area contributed by atoms with Crippen LogP contribution in [-0.4, -0.2) is 46.5 Å². The molecule has 116 valence electrons. The van der Waals surface area contributed by atoms with Crippen molar-refractivity contribution in [2.45, 2.75) is 53.0 Å². The van der Waals surface area contributed by atoms with Gasteiger partial charge in [-0.3, -0.25) is 4.79 Å². The number of carbonyl (C=O) groups is 1. The van der Waals surface area contributed by atoms with Gasteiger partial charge in [0.25, 0.3) is 5.91 Å². The predicted molar refractivity (Wildman–Crippen MR) is 84.7 cm³/mol. The molecule has 1 aliphatic heterocycles. The Labute approximate surface area is 127 Å². The highest BCUT2D eigenvalue weighted by Crippen LogP contribution is 2.20. The standard InChI is InChI=1S/C16H26N4O/c1-5-19(6-2)16-17-12(3)11-14(18-16)15(21)20-10-8-7-9-13(20)4/h11,13H,5-10H2,1-4H3/t13-/m1/s1. The molecule has 5 heteroatoms. The highest BCUT2D eigenvalue weighted by atomic mass is 16.2. The summed E-state index contributed by atoms with van der Waals surface area (Å²) in [5.41, 5.74) is 1.37. The van der Waals surface area contributed by atoms with Gasteiger partial charge < -0.3 is 9.80 Å². The van der Waals surface area contributed by atoms with Crippen molar-refractivity contribution < 1.29 is 4.79 Å². The maximum Gasteiger partial charge on any atom is 0.272 e. The van der Waals surface area contributed by atoms with Crippen molar-refractivity contribution in [1.82, 2.24) is 14.9 Å². The molecule has 5 nitrogen and oxygen atoms in total. The van der Waals surface area contributed by atoms with Crippen LogP contribution in [0.5, 0.6) is 0 Å². The summed E-state index contributed by atoms with van der Waals surface area (Å²) in [6.45, 7) is 10.7. The van der Waals surface area contributed by atoms with E-state index in [2.05, 4.69) is 35.6 Å². The molecule has 0 aromatic carbocycles. The maximum absolute atomic E-state index is 12.7. The Morgan fingerprint density at radius 1 is 1.33 bits per heavy atom. The van der Waals surface area contributed by atoms with Gasteiger partial charge in [-0.15, -0.1) is 0 Å². The Kier molecular flexibility index (Phi) is 5.15. The van der Waals surface area contributed by atoms with Gasteiger partial charge >= 0.3 is 0 Å². The molecule has 1 aromatic heterocycles. The Morgan fingerprint density at radius 3 is 2.67 bits per heavy atom. The second-order valence-corrected chi connectivity index (χ2v) is 5.71. The van der Waals surface area contributed by atoms with Crippen molar-refractivity contribution in [3.05, 3.63) is 17.5 Å². The lowest BCUT2D eigenvalue weighted by atomic mass is 10.0. The minimum atomic E-state index is 0.0427. The second kappa shape index (κ2) is 6.87. The second-order valence-electron chi connectivity index (χ2n) is 5.71. The van der Waals surface area contributed by atoms with Crippen LogP contribution in [0, 0.1) is 6.92 Å². The molecule has 0 bridgehead atoms. The van der Waals surface area contributed by atoms with Crippen LogP contribution in [0.3, 0.4) is 0 Å². The van der Waals surface area contributed by atoms with E-state index < -0.39 is 0 Å². The maximum atomic E-state index is 12.7. The van der Waals surface area contributed by atoms with E-state index in [0.29, 0.717) is 17.7 Å². The highest BCUT2D eigenvalue weighted by Gasteiger charge is 2.26. The summed E-state index contributed by atoms with van der Waals surface area (Å²) < 4.78 is 0. The lowest BCUT2D eigenvalue weighted by molar-refractivity contribution is 0.0629. The van der Waals surface area contributed by atoms with Gasteiger partial charge in [-0.2, -0.15) is 0 Å². The van der Waals surface area contributed by atoms with Gasteiger partial charge in [0.15, 0.2) is 0 Å². The molecule has 1 amide bonds. The van der Waals surface area contributed by atoms with Crippen molar-refractivity contribution >= 4 is 11.9 Å². The molecule has 1 aliphatic rings. The van der Waals surface area contributed by atoms with Crippen LogP contribution in [0.25, 0.3) is 0 Å². The molecule has 0 saturated carbocycles. The number of nitrogens with zero attached hydrogens (tertiary/aromatic N) is 4. The number of hydrogen-bond donors (Lipinski definition) is 0. The zero-order valence-electron chi connectivity index (χ0n) is 13.6. The number of aryl methyl sites for hydroxylation is 1. The van der Waals surface area contributed by atoms with Crippen molar-refractivity contribution in [2.24, 2.45) is 0 Å². The van der Waals surface area contributed by atoms with Gasteiger partial charge in [0.1, 0.15) is 5.69 Å². The number of piperidine rings is 1. The SMILES string of the molecule is CCN(CC)c1nc(C)cc(C(=O)N2CCCC[C@H]2C)n1. The summed E-state index contributed by atoms with van der Waals surface area (Å²) in [5.74, 6) is 0.703. The normalized spacial score (nSPS) is 18.7. The number of carbonyl (C=O) groups excluding carboxylic acids is 1. The zero-order valence-corrected chi connectivity index (χ0v) is 13.6. The number of anilines is 1. The first-order valence-corrected chi connectivity index (χ1v) is 7.98. The summed E-state index contributed by atoms with van der Waals surface area (Å²) in [6, 6.07) is 2.11. The Hall–Kier alpha value is -1.65. The molecule has 0 aliphatic carbocycles. The van der Waals surface area contributed by atoms with Crippen molar-refractivity contribution in [3.63, 3.8) is 0 Å². The summed E-state index contributed by atoms with van der Waals surface area (Å²) in [5, 5.41) is 0. The Bertz CT molecular complexity index is 499. The van der Waals surface area contributed by atoms with Crippen LogP contribution in [0.4, 0.5) is 5.95 Å². The number of amides is 1. The molecular formula is C16H26N4O. The number of likely N-dealkylation sites (tertiary alicyclic amines) is 1. The molecule has 1 atom stereocenters. The summed E-state index contributed by atoms with van der Waals surface area (Å²) >= 11 is 0. The van der Waals surface area contributed by atoms with Crippen LogP contribution in [0.1, 0.15) is 56.2 Å². The fraction of sp³-hybridized carbons (Fsp3) is 0.688. The third-order valence-electron chi connectivity index (χ3n) is 4.17. The topological polar surface area (TPSA) is 49.3 Å². The molecule has 2 heterocycles. The van der Waals surface area contributed by atoms with E-state index in [4.69, 9.17) is 0 Å². The van der Waals surface area contributed by atoms with Crippen molar-refractivity contribution in [3.8, 4) is 0 Å². The minimum absolute atomic E-state index is 0.0427. The minimum Gasteiger partial charge on any atom is -0.341 e. The van der Waals surface area contributed by atoms with E-state index in [1.807, 2.05) is 11.8 Å². The monoisotopic (exact) mass is 290 g/mol. The number of aromatic nitrogens is 2. The largest absolute Gasteiger partial charge is 0.341 e. The van der Waals surface area contributed by atoms with Crippen LogP contribution in [0.2, 0.25) is 0 Å². The van der Waals surface area contributed by atoms with Crippen LogP contribution in [0.15, 0.2) is 6.07 Å². The first-order valence-electron chi connectivity index (χ1n) is 7.98. The van der Waals surface area contributed by atoms with E-state index in [-0.39, 0.29) is 5.91 Å². The lowest BCUT2D eigenvalue weighted by Gasteiger charge is -2.33. The van der Waals surface area contributed by atoms with Gasteiger partial charge in [-0.05, 0) is 53.0 Å². The summed E-state index contributed by atoms with van der Waals surface area (Å²) in [4.78, 5) is 25.7. The summed E-state index contributed by atoms with van der Waals surface area (Å²) in [7, 11) is 0. The van der Waals surface area contributed by atoms with E-state index in [0.717, 1.165) is 38.2 Å². The van der Waals surface area contributed by atoms with E-state index >= 15 is 0 Å². The summed E-state index contributed by atoms with van der Waals surface area (Å²) in [6.07, 6.45) is 3.38. The van der Waals surface area contributed by atoms with Gasteiger partial charge in [0.05, 0.1) is 0 Å². The Balaban J connectivity index is 2.28. The molecule has 1 aromatic rings. The molecule has 1 fully saturated rings. The highest BCUT2D eigenvalue weighted by molar-refractivity contribution is 5.93. The third-order valence-corrected chi connectivity index (χ3v) is 4.17. The molecule has 0 spiro atoms. The smallest absolute Gasteiger partial charge is 0.272 e. The van der Waals surface area contributed by atoms with Crippen molar-refractivity contribution in [2.75, 3.05) is 24.5 Å². The van der Waals surface area contributed by atoms with Gasteiger partial charge in [0, 0.05) is 31.4 Å². The Morgan fingerprint density at radius 2 is 2.05 bits per heavy atom. The first kappa shape index (κ1) is 15.7. The van der Waals surface area contributed by atoms with E-state index in [1.54, 1.807) is 6.07 Å². The zero-order chi connectivity index (χ0) is 15.4. The number of rotatable bonds is 4. The third kappa shape index (κ3) is 3.52. The van der Waals surface area contributed by atoms with Crippen LogP contribution >= 0.6 is 0 Å². The van der Waals surface area contributed by atoms with Gasteiger partial charge in [-0.25, -0.2) is 9.97 Å². The molecule has 1 saturated heterocycles. The fourth-order valence-corrected chi connectivity index (χ4v) is 2.86. The molecular weight excluding hydrogens is 264 g/mol. The number of hydrogen-bond acceptors (Lipinski definition) is 4. The van der Waals surface area contributed by atoms with E-state index in [9.17, 15) is 4.79 Å². The van der Waals surface area contributed by atoms with Gasteiger partial charge in [-0.1, -0.05) is 0 Å². The molecule has 2 rings (SSSR count). The molecule has 21 heavy (non-hydrogen) atoms. The van der Waals surface area contributed by atoms with E-state index in [1.165, 1.54) is 6.42 Å². The fourth-order valence-electron chi connectivity index (χ4n) is 2.86. The first-order chi connectivity index (χ1) is 10.1. The average Bonchev–Trinajstić information content (AvgIpc) is 2.48. The molecule has 0 unspecified atom stereocenters. The lowest BCUT2D eigenvalue weighted by Crippen LogP contribution is -2.42. The van der Waals surface area contributed by atoms with Gasteiger partial charge in [0.2, 0.25) is 5.95 Å². The van der Waals surface area contributed by atoms with Crippen LogP contribution in [-0.2, 0) is 0 Å². The average molecular weight is 290 g/mol. The molecule has 0 radical (unpaired) electrons. The van der Waals surface area contributed by atoms with Crippen LogP contribution < -0.4 is 4.90 Å². The molecule has 0 N–H and O–H groups in total. The quantitative estimate of drug-likeness (QED) is 0.855. The predicted octanol–water partition coefficient (Wildman–Crippen LogP) is 2.65. The van der Waals surface area contributed by atoms with Crippen molar-refractivity contribution in [1.29, 1.82) is 0 Å².